The normalized spacial score (nSPS) is 24.1. The quantitative estimate of drug-likeness (QED) is 0.412. The van der Waals surface area contributed by atoms with Crippen molar-refractivity contribution < 1.29 is 40.9 Å². The summed E-state index contributed by atoms with van der Waals surface area (Å²) in [7, 11) is 0. The summed E-state index contributed by atoms with van der Waals surface area (Å²) in [6.07, 6.45) is 4.80. The predicted molar refractivity (Wildman–Crippen MR) is 44.4 cm³/mol. The molecule has 2 atom stereocenters. The predicted octanol–water partition coefficient (Wildman–Crippen LogP) is -3.30. The zero-order valence-corrected chi connectivity index (χ0v) is 10.4. The van der Waals surface area contributed by atoms with Crippen LogP contribution in [0, 0.1) is 0 Å². The van der Waals surface area contributed by atoms with Crippen molar-refractivity contribution in [2.24, 2.45) is 11.5 Å². The molecule has 4 N–H and O–H groups in total. The van der Waals surface area contributed by atoms with Gasteiger partial charge in [-0.05, 0) is 12.8 Å². The van der Waals surface area contributed by atoms with Crippen LogP contribution in [-0.4, -0.2) is 24.0 Å². The van der Waals surface area contributed by atoms with Gasteiger partial charge in [-0.2, -0.15) is 0 Å². The van der Waals surface area contributed by atoms with Gasteiger partial charge in [0.2, 0.25) is 0 Å². The maximum absolute atomic E-state index is 8.93. The molecular weight excluding hydrogens is 383 g/mol. The first-order chi connectivity index (χ1) is 6.45. The van der Waals surface area contributed by atoms with Gasteiger partial charge in [0, 0.05) is 12.1 Å². The van der Waals surface area contributed by atoms with Crippen molar-refractivity contribution in [1.29, 1.82) is 0 Å². The van der Waals surface area contributed by atoms with E-state index in [-0.39, 0.29) is 33.1 Å². The van der Waals surface area contributed by atoms with Crippen LogP contribution in [0.15, 0.2) is 0 Å². The number of carboxylic acids is 2. The van der Waals surface area contributed by atoms with Crippen molar-refractivity contribution in [3.05, 3.63) is 0 Å². The van der Waals surface area contributed by atoms with Gasteiger partial charge in [-0.25, -0.2) is 0 Å². The molecule has 1 saturated carbocycles. The number of hydrogen-bond acceptors (Lipinski definition) is 6. The molecule has 0 spiro atoms. The molecule has 0 radical (unpaired) electrons. The van der Waals surface area contributed by atoms with Crippen molar-refractivity contribution >= 4 is 11.9 Å². The van der Waals surface area contributed by atoms with Gasteiger partial charge >= 0.3 is 21.1 Å². The van der Waals surface area contributed by atoms with E-state index in [1.54, 1.807) is 0 Å². The van der Waals surface area contributed by atoms with Crippen LogP contribution in [0.1, 0.15) is 25.7 Å². The number of aliphatic carboxylic acids is 2. The molecule has 7 heteroatoms. The van der Waals surface area contributed by atoms with E-state index in [4.69, 9.17) is 31.3 Å². The molecule has 15 heavy (non-hydrogen) atoms. The van der Waals surface area contributed by atoms with Crippen LogP contribution in [-0.2, 0) is 30.7 Å². The maximum atomic E-state index is 8.93. The van der Waals surface area contributed by atoms with Gasteiger partial charge in [0.25, 0.3) is 0 Å². The smallest absolute Gasteiger partial charge is 0.543 e. The summed E-state index contributed by atoms with van der Waals surface area (Å²) in [4.78, 5) is 17.9. The summed E-state index contributed by atoms with van der Waals surface area (Å²) in [6.45, 7) is 0. The molecule has 6 nitrogen and oxygen atoms in total. The average molecular weight is 397 g/mol. The number of carbonyl (C=O) groups is 2. The second-order valence-corrected chi connectivity index (χ2v) is 3.19. The Kier molecular flexibility index (Phi) is 9.98. The number of hydrogen-bond donors (Lipinski definition) is 2. The summed E-state index contributed by atoms with van der Waals surface area (Å²) in [5.41, 5.74) is 11.3. The largest absolute Gasteiger partial charge is 2.00 e. The average Bonchev–Trinajstić information content (AvgIpc) is 2.11. The SMILES string of the molecule is N[C@@H]1CCCC[C@@H]1N.O=C([O-])C(=O)[O-].[Pt+2]. The summed E-state index contributed by atoms with van der Waals surface area (Å²) in [5, 5.41) is 17.9. The Morgan fingerprint density at radius 3 is 1.33 bits per heavy atom. The van der Waals surface area contributed by atoms with Crippen molar-refractivity contribution in [1.82, 2.24) is 0 Å². The van der Waals surface area contributed by atoms with Crippen LogP contribution in [0.2, 0.25) is 0 Å². The molecule has 90 valence electrons. The Morgan fingerprint density at radius 1 is 0.933 bits per heavy atom. The molecule has 0 aromatic carbocycles. The molecule has 1 rings (SSSR count). The molecule has 0 heterocycles. The number of nitrogens with two attached hydrogens (primary N) is 2. The summed E-state index contributed by atoms with van der Waals surface area (Å²) < 4.78 is 0. The molecule has 0 aromatic heterocycles. The van der Waals surface area contributed by atoms with Gasteiger partial charge in [0.05, 0.1) is 11.9 Å². The maximum Gasteiger partial charge on any atom is 2.00 e. The number of carbonyl (C=O) groups excluding carboxylic acids is 2. The van der Waals surface area contributed by atoms with Gasteiger partial charge in [0.15, 0.2) is 0 Å². The van der Waals surface area contributed by atoms with Crippen LogP contribution in [0.4, 0.5) is 0 Å². The van der Waals surface area contributed by atoms with Gasteiger partial charge in [-0.1, -0.05) is 12.8 Å². The van der Waals surface area contributed by atoms with E-state index in [0.29, 0.717) is 0 Å². The standard InChI is InChI=1S/C6H14N2.C2H2O4.Pt/c7-5-3-1-2-4-6(5)8;3-1(4)2(5)6;/h5-6H,1-4,7-8H2;(H,3,4)(H,5,6);/q;;+2/p-2/t5-,6+;;. The zero-order chi connectivity index (χ0) is 11.1. The second-order valence-electron chi connectivity index (χ2n) is 3.19. The Hall–Kier alpha value is -0.452. The Bertz CT molecular complexity index is 191. The van der Waals surface area contributed by atoms with Gasteiger partial charge in [0.1, 0.15) is 0 Å². The summed E-state index contributed by atoms with van der Waals surface area (Å²) >= 11 is 0. The van der Waals surface area contributed by atoms with E-state index < -0.39 is 11.9 Å². The molecule has 0 aromatic rings. The van der Waals surface area contributed by atoms with Gasteiger partial charge in [-0.15, -0.1) is 0 Å². The minimum atomic E-state index is -2.19. The minimum Gasteiger partial charge on any atom is -0.543 e. The molecule has 0 aliphatic heterocycles. The van der Waals surface area contributed by atoms with Gasteiger partial charge < -0.3 is 31.3 Å². The fourth-order valence-electron chi connectivity index (χ4n) is 1.19. The molecule has 0 amide bonds. The third-order valence-corrected chi connectivity index (χ3v) is 2.04. The molecule has 1 fully saturated rings. The monoisotopic (exact) mass is 397 g/mol. The first kappa shape index (κ1) is 17.0. The molecule has 0 unspecified atom stereocenters. The van der Waals surface area contributed by atoms with Crippen LogP contribution >= 0.6 is 0 Å². The molecular formula is C8H14N2O4Pt. The summed E-state index contributed by atoms with van der Waals surface area (Å²) in [6, 6.07) is 0.562. The summed E-state index contributed by atoms with van der Waals surface area (Å²) in [5.74, 6) is -4.37. The van der Waals surface area contributed by atoms with Crippen LogP contribution < -0.4 is 21.7 Å². The van der Waals surface area contributed by atoms with Crippen molar-refractivity contribution in [2.75, 3.05) is 0 Å². The van der Waals surface area contributed by atoms with Crippen LogP contribution in [0.25, 0.3) is 0 Å². The third-order valence-electron chi connectivity index (χ3n) is 2.04. The Balaban J connectivity index is 0. The Morgan fingerprint density at radius 2 is 1.20 bits per heavy atom. The van der Waals surface area contributed by atoms with Crippen molar-refractivity contribution in [2.45, 2.75) is 37.8 Å². The number of carboxylic acid groups (broad SMARTS) is 2. The van der Waals surface area contributed by atoms with Crippen LogP contribution in [0.5, 0.6) is 0 Å². The second kappa shape index (κ2) is 8.82. The zero-order valence-electron chi connectivity index (χ0n) is 8.09. The van der Waals surface area contributed by atoms with Gasteiger partial charge in [-0.3, -0.25) is 0 Å². The van der Waals surface area contributed by atoms with Crippen LogP contribution in [0.3, 0.4) is 0 Å². The molecule has 0 bridgehead atoms. The van der Waals surface area contributed by atoms with E-state index >= 15 is 0 Å². The van der Waals surface area contributed by atoms with E-state index in [1.165, 1.54) is 12.8 Å². The molecule has 1 aliphatic rings. The minimum absolute atomic E-state index is 0. The van der Waals surface area contributed by atoms with E-state index in [0.717, 1.165) is 12.8 Å². The fourth-order valence-corrected chi connectivity index (χ4v) is 1.19. The van der Waals surface area contributed by atoms with E-state index in [2.05, 4.69) is 0 Å². The van der Waals surface area contributed by atoms with E-state index in [9.17, 15) is 0 Å². The Labute approximate surface area is 102 Å². The van der Waals surface area contributed by atoms with Crippen molar-refractivity contribution in [3.63, 3.8) is 0 Å². The molecule has 0 saturated heterocycles. The topological polar surface area (TPSA) is 132 Å². The van der Waals surface area contributed by atoms with Crippen molar-refractivity contribution in [3.8, 4) is 0 Å². The third kappa shape index (κ3) is 8.54. The van der Waals surface area contributed by atoms with E-state index in [1.807, 2.05) is 0 Å². The molecule has 1 aliphatic carbocycles. The first-order valence-corrected chi connectivity index (χ1v) is 4.38. The fraction of sp³-hybridized carbons (Fsp3) is 0.750. The first-order valence-electron chi connectivity index (χ1n) is 4.38. The number of rotatable bonds is 0.